The summed E-state index contributed by atoms with van der Waals surface area (Å²) >= 11 is 0. The van der Waals surface area contributed by atoms with Crippen LogP contribution in [-0.4, -0.2) is 71.8 Å². The zero-order valence-electron chi connectivity index (χ0n) is 23.6. The fourth-order valence-electron chi connectivity index (χ4n) is 6.97. The number of rotatable bonds is 14. The second-order valence-corrected chi connectivity index (χ2v) is 11.2. The van der Waals surface area contributed by atoms with Crippen molar-refractivity contribution >= 4 is 34.2 Å². The number of anilines is 1. The van der Waals surface area contributed by atoms with Gasteiger partial charge < -0.3 is 24.4 Å². The van der Waals surface area contributed by atoms with Gasteiger partial charge in [-0.3, -0.25) is 14.4 Å². The molecule has 0 radical (unpaired) electrons. The van der Waals surface area contributed by atoms with Crippen LogP contribution in [0.2, 0.25) is 0 Å². The van der Waals surface area contributed by atoms with Crippen LogP contribution in [0.3, 0.4) is 0 Å². The van der Waals surface area contributed by atoms with E-state index in [2.05, 4.69) is 13.2 Å². The first-order valence-corrected chi connectivity index (χ1v) is 14.7. The molecule has 2 unspecified atom stereocenters. The van der Waals surface area contributed by atoms with Gasteiger partial charge in [-0.05, 0) is 55.0 Å². The van der Waals surface area contributed by atoms with Crippen LogP contribution in [0.15, 0.2) is 67.8 Å². The Bertz CT molecular complexity index is 1310. The maximum atomic E-state index is 14.6. The van der Waals surface area contributed by atoms with Gasteiger partial charge in [0.05, 0.1) is 24.5 Å². The first-order valence-electron chi connectivity index (χ1n) is 14.7. The Morgan fingerprint density at radius 1 is 1.10 bits per heavy atom. The van der Waals surface area contributed by atoms with Gasteiger partial charge in [0.2, 0.25) is 5.91 Å². The molecule has 0 aliphatic carbocycles. The number of aliphatic hydroxyl groups excluding tert-OH is 1. The van der Waals surface area contributed by atoms with Crippen LogP contribution >= 0.6 is 0 Å². The minimum absolute atomic E-state index is 0.127. The van der Waals surface area contributed by atoms with Crippen molar-refractivity contribution in [2.45, 2.75) is 62.7 Å². The molecular formula is C33H40N2O6. The van der Waals surface area contributed by atoms with Crippen molar-refractivity contribution < 1.29 is 29.0 Å². The number of fused-ring (bicyclic) bond motifs is 2. The summed E-state index contributed by atoms with van der Waals surface area (Å²) in [4.78, 5) is 45.3. The van der Waals surface area contributed by atoms with Gasteiger partial charge in [-0.15, -0.1) is 13.2 Å². The lowest BCUT2D eigenvalue weighted by atomic mass is 9.70. The Labute approximate surface area is 241 Å². The van der Waals surface area contributed by atoms with Crippen LogP contribution < -0.4 is 4.90 Å². The van der Waals surface area contributed by atoms with Crippen LogP contribution in [0.4, 0.5) is 5.69 Å². The highest BCUT2D eigenvalue weighted by Crippen LogP contribution is 2.59. The van der Waals surface area contributed by atoms with E-state index in [1.165, 1.54) is 0 Å². The summed E-state index contributed by atoms with van der Waals surface area (Å²) in [5.74, 6) is -2.37. The van der Waals surface area contributed by atoms with E-state index in [4.69, 9.17) is 14.6 Å². The predicted octanol–water partition coefficient (Wildman–Crippen LogP) is 4.41. The number of benzene rings is 2. The van der Waals surface area contributed by atoms with Crippen molar-refractivity contribution in [3.63, 3.8) is 0 Å². The van der Waals surface area contributed by atoms with Gasteiger partial charge >= 0.3 is 5.97 Å². The SMILES string of the molecule is C=CCCOC(=O)[C@@H]1[C@H]2C(=O)N(CCCCCCO)C(C(=O)N(CC=C)c3ccc4ccccc4c3)C23CC[C@H]1O3. The van der Waals surface area contributed by atoms with Gasteiger partial charge in [0.1, 0.15) is 11.6 Å². The van der Waals surface area contributed by atoms with Crippen LogP contribution in [-0.2, 0) is 23.9 Å². The Hall–Kier alpha value is -3.49. The Morgan fingerprint density at radius 2 is 1.88 bits per heavy atom. The maximum absolute atomic E-state index is 14.6. The number of carbonyl (C=O) groups is 3. The van der Waals surface area contributed by atoms with E-state index in [1.54, 1.807) is 22.0 Å². The molecule has 2 amide bonds. The summed E-state index contributed by atoms with van der Waals surface area (Å²) in [5, 5.41) is 11.2. The van der Waals surface area contributed by atoms with Gasteiger partial charge in [-0.25, -0.2) is 0 Å². The van der Waals surface area contributed by atoms with Crippen molar-refractivity contribution in [3.05, 3.63) is 67.8 Å². The fourth-order valence-corrected chi connectivity index (χ4v) is 6.97. The quantitative estimate of drug-likeness (QED) is 0.209. The number of unbranched alkanes of at least 4 members (excludes halogenated alkanes) is 3. The van der Waals surface area contributed by atoms with E-state index in [0.717, 1.165) is 29.3 Å². The summed E-state index contributed by atoms with van der Waals surface area (Å²) in [6.07, 6.45) is 7.61. The number of aliphatic hydroxyl groups is 1. The van der Waals surface area contributed by atoms with Gasteiger partial charge in [0, 0.05) is 25.4 Å². The molecule has 3 aliphatic heterocycles. The van der Waals surface area contributed by atoms with Crippen LogP contribution in [0, 0.1) is 11.8 Å². The highest BCUT2D eigenvalue weighted by Gasteiger charge is 2.75. The van der Waals surface area contributed by atoms with Gasteiger partial charge in [0.15, 0.2) is 0 Å². The molecule has 218 valence electrons. The standard InChI is InChI=1S/C33H40N2O6/c1-3-5-21-40-32(39)27-26-16-17-33(41-26)28(27)30(37)35(19-10-6-7-11-20-36)29(33)31(38)34(18-4-2)25-15-14-23-12-8-9-13-24(23)22-25/h3-4,8-9,12-15,22,26-29,36H,1-2,5-7,10-11,16-21H2/t26-,27+,28+,29?,33?/m1/s1. The molecule has 2 aromatic carbocycles. The molecule has 2 aromatic rings. The molecule has 3 heterocycles. The van der Waals surface area contributed by atoms with E-state index in [-0.39, 0.29) is 31.6 Å². The minimum Gasteiger partial charge on any atom is -0.465 e. The zero-order chi connectivity index (χ0) is 29.0. The van der Waals surface area contributed by atoms with Crippen molar-refractivity contribution in [3.8, 4) is 0 Å². The van der Waals surface area contributed by atoms with Crippen molar-refractivity contribution in [2.24, 2.45) is 11.8 Å². The Morgan fingerprint density at radius 3 is 2.63 bits per heavy atom. The molecule has 3 fully saturated rings. The molecule has 2 bridgehead atoms. The molecule has 8 heteroatoms. The van der Waals surface area contributed by atoms with E-state index in [9.17, 15) is 14.4 Å². The Balaban J connectivity index is 1.49. The van der Waals surface area contributed by atoms with Crippen LogP contribution in [0.5, 0.6) is 0 Å². The van der Waals surface area contributed by atoms with Crippen molar-refractivity contribution in [1.82, 2.24) is 4.90 Å². The summed E-state index contributed by atoms with van der Waals surface area (Å²) < 4.78 is 12.1. The smallest absolute Gasteiger partial charge is 0.312 e. The average molecular weight is 561 g/mol. The third-order valence-electron chi connectivity index (χ3n) is 8.80. The third kappa shape index (κ3) is 5.31. The Kier molecular flexibility index (Phi) is 8.90. The van der Waals surface area contributed by atoms with E-state index in [1.807, 2.05) is 42.5 Å². The van der Waals surface area contributed by atoms with Crippen molar-refractivity contribution in [1.29, 1.82) is 0 Å². The summed E-state index contributed by atoms with van der Waals surface area (Å²) in [6.45, 7) is 8.55. The number of nitrogens with zero attached hydrogens (tertiary/aromatic N) is 2. The summed E-state index contributed by atoms with van der Waals surface area (Å²) in [6, 6.07) is 13.0. The number of ether oxygens (including phenoxy) is 2. The van der Waals surface area contributed by atoms with Crippen molar-refractivity contribution in [2.75, 3.05) is 31.2 Å². The van der Waals surface area contributed by atoms with E-state index < -0.39 is 35.6 Å². The number of likely N-dealkylation sites (tertiary alicyclic amines) is 1. The normalized spacial score (nSPS) is 26.3. The monoisotopic (exact) mass is 560 g/mol. The molecule has 0 aromatic heterocycles. The molecular weight excluding hydrogens is 520 g/mol. The number of amides is 2. The second kappa shape index (κ2) is 12.6. The molecule has 3 saturated heterocycles. The summed E-state index contributed by atoms with van der Waals surface area (Å²) in [7, 11) is 0. The molecule has 8 nitrogen and oxygen atoms in total. The molecule has 0 saturated carbocycles. The first-order chi connectivity index (χ1) is 20.0. The van der Waals surface area contributed by atoms with Crippen LogP contribution in [0.1, 0.15) is 44.9 Å². The molecule has 5 atom stereocenters. The van der Waals surface area contributed by atoms with Gasteiger partial charge in [0.25, 0.3) is 5.91 Å². The largest absolute Gasteiger partial charge is 0.465 e. The lowest BCUT2D eigenvalue weighted by Gasteiger charge is -2.37. The predicted molar refractivity (Wildman–Crippen MR) is 157 cm³/mol. The number of esters is 1. The number of hydrogen-bond donors (Lipinski definition) is 1. The fraction of sp³-hybridized carbons (Fsp3) is 0.485. The van der Waals surface area contributed by atoms with Crippen LogP contribution in [0.25, 0.3) is 10.8 Å². The van der Waals surface area contributed by atoms with E-state index >= 15 is 0 Å². The van der Waals surface area contributed by atoms with Gasteiger partial charge in [-0.2, -0.15) is 0 Å². The molecule has 1 N–H and O–H groups in total. The summed E-state index contributed by atoms with van der Waals surface area (Å²) in [5.41, 5.74) is -0.362. The second-order valence-electron chi connectivity index (χ2n) is 11.2. The first kappa shape index (κ1) is 29.0. The average Bonchev–Trinajstić information content (AvgIpc) is 3.62. The third-order valence-corrected chi connectivity index (χ3v) is 8.80. The zero-order valence-corrected chi connectivity index (χ0v) is 23.6. The molecule has 1 spiro atoms. The maximum Gasteiger partial charge on any atom is 0.312 e. The lowest BCUT2D eigenvalue weighted by molar-refractivity contribution is -0.155. The highest BCUT2D eigenvalue weighted by atomic mass is 16.6. The van der Waals surface area contributed by atoms with E-state index in [0.29, 0.717) is 38.6 Å². The molecule has 5 rings (SSSR count). The molecule has 41 heavy (non-hydrogen) atoms. The lowest BCUT2D eigenvalue weighted by Crippen LogP contribution is -2.56. The molecule has 3 aliphatic rings. The highest BCUT2D eigenvalue weighted by molar-refractivity contribution is 6.05. The minimum atomic E-state index is -1.08. The topological polar surface area (TPSA) is 96.4 Å². The number of carbonyl (C=O) groups excluding carboxylic acids is 3. The number of hydrogen-bond acceptors (Lipinski definition) is 6. The van der Waals surface area contributed by atoms with Gasteiger partial charge in [-0.1, -0.05) is 55.3 Å².